The normalized spacial score (nSPS) is 19.6. The van der Waals surface area contributed by atoms with Crippen molar-refractivity contribution in [2.24, 2.45) is 0 Å². The van der Waals surface area contributed by atoms with Crippen LogP contribution >= 0.6 is 12.2 Å². The molecule has 2 heterocycles. The molecule has 0 spiro atoms. The molecule has 1 saturated heterocycles. The molecule has 0 saturated carbocycles. The average molecular weight is 467 g/mol. The SMILES string of the molecule is COc1ccc(N2CCN(C(=S)NCC(=O)N3c4ccccc4C(C)CC3(C)C)CC2)cc1. The number of amides is 1. The summed E-state index contributed by atoms with van der Waals surface area (Å²) in [6, 6.07) is 16.4. The standard InChI is InChI=1S/C26H34N4O2S/c1-19-17-26(2,3)30(23-8-6-5-7-22(19)23)24(31)18-27-25(33)29-15-13-28(14-16-29)20-9-11-21(32-4)12-10-20/h5-12,19H,13-18H2,1-4H3,(H,27,33). The maximum atomic E-state index is 13.3. The molecule has 2 aromatic rings. The van der Waals surface area contributed by atoms with Crippen molar-refractivity contribution in [2.75, 3.05) is 49.6 Å². The number of fused-ring (bicyclic) bond motifs is 1. The first-order valence-electron chi connectivity index (χ1n) is 11.6. The van der Waals surface area contributed by atoms with Crippen LogP contribution in [0, 0.1) is 0 Å². The molecule has 176 valence electrons. The molecule has 4 rings (SSSR count). The fourth-order valence-corrected chi connectivity index (χ4v) is 5.41. The molecule has 6 nitrogen and oxygen atoms in total. The highest BCUT2D eigenvalue weighted by Gasteiger charge is 2.39. The van der Waals surface area contributed by atoms with Crippen molar-refractivity contribution < 1.29 is 9.53 Å². The summed E-state index contributed by atoms with van der Waals surface area (Å²) < 4.78 is 5.25. The zero-order chi connectivity index (χ0) is 23.6. The maximum Gasteiger partial charge on any atom is 0.246 e. The summed E-state index contributed by atoms with van der Waals surface area (Å²) in [5.41, 5.74) is 3.21. The highest BCUT2D eigenvalue weighted by molar-refractivity contribution is 7.80. The van der Waals surface area contributed by atoms with Crippen molar-refractivity contribution in [3.8, 4) is 5.75 Å². The summed E-state index contributed by atoms with van der Waals surface area (Å²) in [6.07, 6.45) is 0.938. The third kappa shape index (κ3) is 4.93. The van der Waals surface area contributed by atoms with E-state index in [1.807, 2.05) is 23.1 Å². The number of hydrogen-bond donors (Lipinski definition) is 1. The Morgan fingerprint density at radius 3 is 2.42 bits per heavy atom. The zero-order valence-corrected chi connectivity index (χ0v) is 20.8. The third-order valence-corrected chi connectivity index (χ3v) is 7.17. The van der Waals surface area contributed by atoms with Gasteiger partial charge in [-0.2, -0.15) is 0 Å². The van der Waals surface area contributed by atoms with Crippen LogP contribution in [0.4, 0.5) is 11.4 Å². The van der Waals surface area contributed by atoms with Crippen LogP contribution in [0.15, 0.2) is 48.5 Å². The first kappa shape index (κ1) is 23.4. The average Bonchev–Trinajstić information content (AvgIpc) is 2.82. The number of nitrogens with zero attached hydrogens (tertiary/aromatic N) is 3. The Hall–Kier alpha value is -2.80. The molecule has 1 fully saturated rings. The van der Waals surface area contributed by atoms with Crippen molar-refractivity contribution in [1.29, 1.82) is 0 Å². The number of methoxy groups -OCH3 is 1. The van der Waals surface area contributed by atoms with E-state index in [0.29, 0.717) is 11.0 Å². The Kier molecular flexibility index (Phi) is 6.79. The van der Waals surface area contributed by atoms with E-state index in [0.717, 1.165) is 44.0 Å². The van der Waals surface area contributed by atoms with Crippen LogP contribution in [-0.2, 0) is 4.79 Å². The van der Waals surface area contributed by atoms with E-state index >= 15 is 0 Å². The summed E-state index contributed by atoms with van der Waals surface area (Å²) in [4.78, 5) is 19.8. The van der Waals surface area contributed by atoms with Crippen LogP contribution in [0.2, 0.25) is 0 Å². The van der Waals surface area contributed by atoms with Crippen molar-refractivity contribution in [1.82, 2.24) is 10.2 Å². The van der Waals surface area contributed by atoms with Gasteiger partial charge in [-0.3, -0.25) is 4.79 Å². The molecule has 2 aliphatic heterocycles. The van der Waals surface area contributed by atoms with Gasteiger partial charge in [-0.25, -0.2) is 0 Å². The molecule has 1 N–H and O–H groups in total. The van der Waals surface area contributed by atoms with Crippen LogP contribution in [0.5, 0.6) is 5.75 Å². The molecular weight excluding hydrogens is 432 g/mol. The van der Waals surface area contributed by atoms with E-state index in [4.69, 9.17) is 17.0 Å². The van der Waals surface area contributed by atoms with Gasteiger partial charge in [-0.1, -0.05) is 25.1 Å². The van der Waals surface area contributed by atoms with Crippen molar-refractivity contribution in [2.45, 2.75) is 38.6 Å². The lowest BCUT2D eigenvalue weighted by molar-refractivity contribution is -0.118. The lowest BCUT2D eigenvalue weighted by atomic mass is 9.80. The number of para-hydroxylation sites is 1. The van der Waals surface area contributed by atoms with Crippen molar-refractivity contribution in [3.05, 3.63) is 54.1 Å². The first-order valence-corrected chi connectivity index (χ1v) is 12.0. The van der Waals surface area contributed by atoms with Gasteiger partial charge in [0.05, 0.1) is 13.7 Å². The zero-order valence-electron chi connectivity index (χ0n) is 20.0. The number of rotatable bonds is 4. The molecule has 1 atom stereocenters. The van der Waals surface area contributed by atoms with Gasteiger partial charge >= 0.3 is 0 Å². The van der Waals surface area contributed by atoms with Gasteiger partial charge in [-0.15, -0.1) is 0 Å². The number of hydrogen-bond acceptors (Lipinski definition) is 4. The second-order valence-corrected chi connectivity index (χ2v) is 9.92. The number of nitrogens with one attached hydrogen (secondary N) is 1. The maximum absolute atomic E-state index is 13.3. The second-order valence-electron chi connectivity index (χ2n) is 9.54. The summed E-state index contributed by atoms with van der Waals surface area (Å²) in [7, 11) is 1.68. The quantitative estimate of drug-likeness (QED) is 0.687. The van der Waals surface area contributed by atoms with Crippen LogP contribution in [-0.4, -0.2) is 61.3 Å². The van der Waals surface area contributed by atoms with E-state index in [9.17, 15) is 4.79 Å². The molecule has 1 unspecified atom stereocenters. The number of anilines is 2. The monoisotopic (exact) mass is 466 g/mol. The van der Waals surface area contributed by atoms with E-state index < -0.39 is 0 Å². The predicted molar refractivity (Wildman–Crippen MR) is 138 cm³/mol. The summed E-state index contributed by atoms with van der Waals surface area (Å²) in [5.74, 6) is 1.34. The molecule has 2 aliphatic rings. The Morgan fingerprint density at radius 2 is 1.76 bits per heavy atom. The molecule has 0 bridgehead atoms. The van der Waals surface area contributed by atoms with Crippen LogP contribution in [0.3, 0.4) is 0 Å². The number of benzene rings is 2. The lowest BCUT2D eigenvalue weighted by Crippen LogP contribution is -2.56. The van der Waals surface area contributed by atoms with Gasteiger partial charge in [0.15, 0.2) is 5.11 Å². The number of ether oxygens (including phenoxy) is 1. The smallest absolute Gasteiger partial charge is 0.246 e. The molecule has 1 amide bonds. The highest BCUT2D eigenvalue weighted by Crippen LogP contribution is 2.43. The highest BCUT2D eigenvalue weighted by atomic mass is 32.1. The molecule has 2 aromatic carbocycles. The van der Waals surface area contributed by atoms with Gasteiger partial charge < -0.3 is 24.8 Å². The van der Waals surface area contributed by atoms with Crippen LogP contribution in [0.25, 0.3) is 0 Å². The van der Waals surface area contributed by atoms with Gasteiger partial charge in [0, 0.05) is 43.1 Å². The predicted octanol–water partition coefficient (Wildman–Crippen LogP) is 4.01. The lowest BCUT2D eigenvalue weighted by Gasteiger charge is -2.46. The fraction of sp³-hybridized carbons (Fsp3) is 0.462. The Balaban J connectivity index is 1.33. The van der Waals surface area contributed by atoms with Gasteiger partial charge in [0.25, 0.3) is 0 Å². The topological polar surface area (TPSA) is 48.1 Å². The molecule has 7 heteroatoms. The minimum atomic E-state index is -0.238. The second kappa shape index (κ2) is 9.59. The summed E-state index contributed by atoms with van der Waals surface area (Å²) in [5, 5.41) is 3.88. The molecule has 0 radical (unpaired) electrons. The first-order chi connectivity index (χ1) is 15.8. The Bertz CT molecular complexity index is 1000. The van der Waals surface area contributed by atoms with E-state index in [2.05, 4.69) is 66.2 Å². The van der Waals surface area contributed by atoms with E-state index in [-0.39, 0.29) is 18.0 Å². The Labute approximate surface area is 202 Å². The number of carbonyl (C=O) groups is 1. The molecule has 33 heavy (non-hydrogen) atoms. The van der Waals surface area contributed by atoms with E-state index in [1.165, 1.54) is 11.3 Å². The fourth-order valence-electron chi connectivity index (χ4n) is 5.16. The third-order valence-electron chi connectivity index (χ3n) is 6.76. The van der Waals surface area contributed by atoms with Gasteiger partial charge in [-0.05, 0) is 74.3 Å². The number of piperazine rings is 1. The summed E-state index contributed by atoms with van der Waals surface area (Å²) >= 11 is 5.64. The molecule has 0 aliphatic carbocycles. The largest absolute Gasteiger partial charge is 0.497 e. The van der Waals surface area contributed by atoms with Crippen molar-refractivity contribution in [3.63, 3.8) is 0 Å². The van der Waals surface area contributed by atoms with Crippen LogP contribution in [0.1, 0.15) is 38.7 Å². The summed E-state index contributed by atoms with van der Waals surface area (Å²) in [6.45, 7) is 10.1. The number of thiocarbonyl (C=S) groups is 1. The molecular formula is C26H34N4O2S. The van der Waals surface area contributed by atoms with Crippen LogP contribution < -0.4 is 19.9 Å². The minimum Gasteiger partial charge on any atom is -0.497 e. The van der Waals surface area contributed by atoms with Gasteiger partial charge in [0.1, 0.15) is 5.75 Å². The van der Waals surface area contributed by atoms with E-state index in [1.54, 1.807) is 7.11 Å². The Morgan fingerprint density at radius 1 is 1.09 bits per heavy atom. The minimum absolute atomic E-state index is 0.0542. The molecule has 0 aromatic heterocycles. The van der Waals surface area contributed by atoms with Crippen molar-refractivity contribution >= 4 is 34.6 Å². The number of carbonyl (C=O) groups excluding carboxylic acids is 1. The van der Waals surface area contributed by atoms with Gasteiger partial charge in [0.2, 0.25) is 5.91 Å².